The van der Waals surface area contributed by atoms with Crippen molar-refractivity contribution in [3.8, 4) is 0 Å². The molecule has 4 heteroatoms. The van der Waals surface area contributed by atoms with Crippen molar-refractivity contribution in [3.05, 3.63) is 0 Å². The molecule has 0 saturated heterocycles. The zero-order chi connectivity index (χ0) is 7.82. The normalized spacial score (nSPS) is 8.60. The van der Waals surface area contributed by atoms with Crippen LogP contribution in [0.5, 0.6) is 0 Å². The summed E-state index contributed by atoms with van der Waals surface area (Å²) >= 11 is -1.03. The van der Waals surface area contributed by atoms with Crippen LogP contribution < -0.4 is 0 Å². The van der Waals surface area contributed by atoms with Gasteiger partial charge in [-0.3, -0.25) is 0 Å². The molecule has 0 saturated carbocycles. The van der Waals surface area contributed by atoms with Gasteiger partial charge in [-0.05, 0) is 0 Å². The SMILES string of the molecule is CCCCOC(=O)[CH2][Zn][Cl]. The Labute approximate surface area is 72.9 Å². The summed E-state index contributed by atoms with van der Waals surface area (Å²) in [4.78, 5) is 10.7. The van der Waals surface area contributed by atoms with Crippen LogP contribution in [0.15, 0.2) is 0 Å². The predicted molar refractivity (Wildman–Crippen MR) is 36.5 cm³/mol. The third-order valence-corrected chi connectivity index (χ3v) is 3.29. The van der Waals surface area contributed by atoms with Gasteiger partial charge >= 0.3 is 72.7 Å². The molecule has 0 amide bonds. The van der Waals surface area contributed by atoms with Crippen LogP contribution in [-0.2, 0) is 25.7 Å². The molecular weight excluding hydrogens is 205 g/mol. The molecule has 0 atom stereocenters. The van der Waals surface area contributed by atoms with Gasteiger partial charge in [-0.25, -0.2) is 0 Å². The molecule has 0 aromatic heterocycles. The fraction of sp³-hybridized carbons (Fsp3) is 0.833. The molecule has 0 fully saturated rings. The van der Waals surface area contributed by atoms with E-state index < -0.39 is 16.1 Å². The van der Waals surface area contributed by atoms with Gasteiger partial charge in [0.05, 0.1) is 0 Å². The number of hydrogen-bond acceptors (Lipinski definition) is 2. The summed E-state index contributed by atoms with van der Waals surface area (Å²) in [6.45, 7) is 2.63. The van der Waals surface area contributed by atoms with E-state index in [2.05, 4.69) is 6.92 Å². The molecule has 0 bridgehead atoms. The van der Waals surface area contributed by atoms with E-state index >= 15 is 0 Å². The maximum atomic E-state index is 10.7. The second-order valence-corrected chi connectivity index (χ2v) is 5.82. The van der Waals surface area contributed by atoms with Crippen molar-refractivity contribution in [2.45, 2.75) is 24.8 Å². The second-order valence-electron chi connectivity index (χ2n) is 2.01. The van der Waals surface area contributed by atoms with Gasteiger partial charge < -0.3 is 0 Å². The molecule has 2 nitrogen and oxygen atoms in total. The van der Waals surface area contributed by atoms with Crippen molar-refractivity contribution >= 4 is 15.7 Å². The van der Waals surface area contributed by atoms with Gasteiger partial charge in [-0.1, -0.05) is 0 Å². The number of carbonyl (C=O) groups excluding carboxylic acids is 1. The average molecular weight is 216 g/mol. The molecule has 0 aromatic carbocycles. The minimum absolute atomic E-state index is 0.108. The molecule has 0 rings (SSSR count). The molecule has 10 heavy (non-hydrogen) atoms. The summed E-state index contributed by atoms with van der Waals surface area (Å²) in [6.07, 6.45) is 2.02. The number of rotatable bonds is 5. The van der Waals surface area contributed by atoms with Crippen molar-refractivity contribution in [1.29, 1.82) is 0 Å². The second kappa shape index (κ2) is 7.49. The van der Waals surface area contributed by atoms with Crippen LogP contribution in [0, 0.1) is 0 Å². The summed E-state index contributed by atoms with van der Waals surface area (Å²) < 4.78 is 4.85. The first-order valence-electron chi connectivity index (χ1n) is 3.52. The van der Waals surface area contributed by atoms with Crippen LogP contribution in [0.1, 0.15) is 19.8 Å². The molecule has 0 aromatic rings. The Kier molecular flexibility index (Phi) is 7.78. The first kappa shape index (κ1) is 10.4. The van der Waals surface area contributed by atoms with E-state index in [4.69, 9.17) is 14.4 Å². The van der Waals surface area contributed by atoms with Crippen molar-refractivity contribution in [3.63, 3.8) is 0 Å². The van der Waals surface area contributed by atoms with Crippen LogP contribution in [0.4, 0.5) is 0 Å². The number of ether oxygens (including phenoxy) is 1. The minimum atomic E-state index is -1.03. The Hall–Kier alpha value is 0.383. The van der Waals surface area contributed by atoms with Crippen molar-refractivity contribution in [2.24, 2.45) is 0 Å². The predicted octanol–water partition coefficient (Wildman–Crippen LogP) is 1.98. The maximum absolute atomic E-state index is 10.7. The van der Waals surface area contributed by atoms with Crippen LogP contribution in [0.2, 0.25) is 5.02 Å². The van der Waals surface area contributed by atoms with Crippen molar-refractivity contribution < 1.29 is 25.7 Å². The van der Waals surface area contributed by atoms with Gasteiger partial charge in [0, 0.05) is 0 Å². The van der Waals surface area contributed by atoms with Crippen LogP contribution in [-0.4, -0.2) is 12.6 Å². The van der Waals surface area contributed by atoms with Gasteiger partial charge in [0.2, 0.25) is 0 Å². The monoisotopic (exact) mass is 214 g/mol. The summed E-state index contributed by atoms with van der Waals surface area (Å²) in [5.41, 5.74) is 0. The molecule has 0 spiro atoms. The van der Waals surface area contributed by atoms with Crippen LogP contribution in [0.25, 0.3) is 0 Å². The van der Waals surface area contributed by atoms with E-state index in [0.717, 1.165) is 12.8 Å². The Morgan fingerprint density at radius 2 is 2.40 bits per heavy atom. The molecule has 0 radical (unpaired) electrons. The van der Waals surface area contributed by atoms with Gasteiger partial charge in [0.1, 0.15) is 0 Å². The number of unbranched alkanes of at least 4 members (excludes halogenated alkanes) is 1. The van der Waals surface area contributed by atoms with E-state index in [0.29, 0.717) is 11.6 Å². The summed E-state index contributed by atoms with van der Waals surface area (Å²) in [6, 6.07) is 0. The Morgan fingerprint density at radius 3 is 2.90 bits per heavy atom. The van der Waals surface area contributed by atoms with Crippen LogP contribution >= 0.6 is 9.69 Å². The first-order chi connectivity index (χ1) is 4.81. The zero-order valence-electron chi connectivity index (χ0n) is 6.23. The van der Waals surface area contributed by atoms with Crippen LogP contribution in [0.3, 0.4) is 0 Å². The quantitative estimate of drug-likeness (QED) is 0.399. The molecule has 0 aliphatic heterocycles. The zero-order valence-corrected chi connectivity index (χ0v) is 9.95. The average Bonchev–Trinajstić information content (AvgIpc) is 1.89. The Morgan fingerprint density at radius 1 is 1.70 bits per heavy atom. The van der Waals surface area contributed by atoms with Gasteiger partial charge in [-0.15, -0.1) is 0 Å². The number of hydrogen-bond donors (Lipinski definition) is 0. The summed E-state index contributed by atoms with van der Waals surface area (Å²) in [5, 5.41) is 0.512. The standard InChI is InChI=1S/C6H11O2.ClH.Zn/c1-3-4-5-8-6(2)7;;/h2-5H2,1H3;1H;/q;;+1/p-1. The number of carbonyl (C=O) groups is 1. The van der Waals surface area contributed by atoms with E-state index in [-0.39, 0.29) is 5.97 Å². The van der Waals surface area contributed by atoms with E-state index in [1.807, 2.05) is 0 Å². The van der Waals surface area contributed by atoms with E-state index in [1.54, 1.807) is 0 Å². The molecule has 0 N–H and O–H groups in total. The summed E-state index contributed by atoms with van der Waals surface area (Å²) in [5.74, 6) is -0.108. The third kappa shape index (κ3) is 6.50. The van der Waals surface area contributed by atoms with Crippen molar-refractivity contribution in [1.82, 2.24) is 0 Å². The number of esters is 1. The molecule has 0 unspecified atom stereocenters. The molecule has 0 heterocycles. The van der Waals surface area contributed by atoms with Gasteiger partial charge in [0.25, 0.3) is 0 Å². The third-order valence-electron chi connectivity index (χ3n) is 1.06. The number of halogens is 1. The fourth-order valence-corrected chi connectivity index (χ4v) is 1.91. The molecule has 0 aliphatic carbocycles. The summed E-state index contributed by atoms with van der Waals surface area (Å²) in [7, 11) is 5.50. The fourth-order valence-electron chi connectivity index (χ4n) is 0.480. The topological polar surface area (TPSA) is 26.3 Å². The Bertz CT molecular complexity index is 97.7. The molecule has 56 valence electrons. The Balaban J connectivity index is 3.05. The van der Waals surface area contributed by atoms with Gasteiger partial charge in [-0.2, -0.15) is 0 Å². The molecule has 0 aliphatic rings. The van der Waals surface area contributed by atoms with E-state index in [9.17, 15) is 4.79 Å². The molecular formula is C6H11ClO2Zn. The van der Waals surface area contributed by atoms with Gasteiger partial charge in [0.15, 0.2) is 0 Å². The first-order valence-corrected chi connectivity index (χ1v) is 9.52. The van der Waals surface area contributed by atoms with E-state index in [1.165, 1.54) is 0 Å². The van der Waals surface area contributed by atoms with Crippen molar-refractivity contribution in [2.75, 3.05) is 6.61 Å².